The molecule has 2 rings (SSSR count). The van der Waals surface area contributed by atoms with Gasteiger partial charge < -0.3 is 30.9 Å². The van der Waals surface area contributed by atoms with Crippen LogP contribution in [0.15, 0.2) is 43.0 Å². The van der Waals surface area contributed by atoms with Gasteiger partial charge in [-0.1, -0.05) is 84.4 Å². The third-order valence-corrected chi connectivity index (χ3v) is 8.01. The summed E-state index contributed by atoms with van der Waals surface area (Å²) >= 11 is 0. The molecule has 5 atom stereocenters. The minimum atomic E-state index is -1.06. The van der Waals surface area contributed by atoms with E-state index < -0.39 is 65.1 Å². The van der Waals surface area contributed by atoms with E-state index in [-0.39, 0.29) is 38.0 Å². The Morgan fingerprint density at radius 3 is 2.24 bits per heavy atom. The number of esters is 1. The summed E-state index contributed by atoms with van der Waals surface area (Å²) in [6, 6.07) is 4.37. The van der Waals surface area contributed by atoms with E-state index in [1.54, 1.807) is 20.8 Å². The number of Topliss-reactive ketones (excluding diaryl/α,β-unsaturated/α-hetero) is 1. The minimum Gasteiger partial charge on any atom is -0.459 e. The second-order valence-corrected chi connectivity index (χ2v) is 13.1. The first kappa shape index (κ1) is 38.0. The van der Waals surface area contributed by atoms with Crippen LogP contribution in [0.25, 0.3) is 0 Å². The van der Waals surface area contributed by atoms with Gasteiger partial charge in [0.2, 0.25) is 17.6 Å². The molecule has 0 radical (unpaired) electrons. The Bertz CT molecular complexity index is 1240. The summed E-state index contributed by atoms with van der Waals surface area (Å²) in [5.74, 6) is -3.41. The molecule has 254 valence electrons. The van der Waals surface area contributed by atoms with E-state index in [0.29, 0.717) is 12.8 Å². The highest BCUT2D eigenvalue weighted by atomic mass is 16.5. The molecule has 1 aliphatic rings. The molecule has 2 unspecified atom stereocenters. The normalized spacial score (nSPS) is 18.1. The zero-order valence-electron chi connectivity index (χ0n) is 28.2. The summed E-state index contributed by atoms with van der Waals surface area (Å²) in [5.41, 5.74) is 0.0305. The molecule has 1 aromatic rings. The summed E-state index contributed by atoms with van der Waals surface area (Å²) in [4.78, 5) is 80.3. The third-order valence-electron chi connectivity index (χ3n) is 8.01. The van der Waals surface area contributed by atoms with E-state index in [0.717, 1.165) is 5.56 Å². The first-order valence-corrected chi connectivity index (χ1v) is 15.9. The Morgan fingerprint density at radius 1 is 1.02 bits per heavy atom. The number of likely N-dealkylation sites (tertiary alicyclic amines) is 1. The monoisotopic (exact) mass is 641 g/mol. The molecular formula is C34H51N5O7. The first-order valence-electron chi connectivity index (χ1n) is 15.9. The quantitative estimate of drug-likeness (QED) is 0.130. The highest BCUT2D eigenvalue weighted by molar-refractivity contribution is 6.38. The molecule has 46 heavy (non-hydrogen) atoms. The number of benzene rings is 1. The molecule has 4 N–H and O–H groups in total. The summed E-state index contributed by atoms with van der Waals surface area (Å²) in [6.45, 7) is 16.6. The van der Waals surface area contributed by atoms with E-state index in [1.165, 1.54) is 17.9 Å². The van der Waals surface area contributed by atoms with Gasteiger partial charge in [-0.3, -0.25) is 19.2 Å². The number of amides is 5. The van der Waals surface area contributed by atoms with Crippen LogP contribution in [0.5, 0.6) is 0 Å². The standard InChI is InChI=1S/C34H51N5O7/c1-9-14-25(27(40)30(42)35-18-10-2)37-29(41)26-24(21(3)4)17-19-39(26)31(43)28(34(6,7)8)38-33(45)36-22(5)32(44)46-20-23-15-12-11-13-16-23/h10-13,15-16,21-22,24-26,28H,2,9,14,17-20H2,1,3-8H3,(H,35,42)(H,37,41)(H2,36,38,45)/t22-,24?,25?,26-,28+/m0/s1. The zero-order valence-corrected chi connectivity index (χ0v) is 28.2. The van der Waals surface area contributed by atoms with Crippen molar-refractivity contribution in [1.29, 1.82) is 0 Å². The number of hydrogen-bond donors (Lipinski definition) is 4. The maximum atomic E-state index is 14.1. The van der Waals surface area contributed by atoms with Crippen molar-refractivity contribution in [2.75, 3.05) is 13.1 Å². The fourth-order valence-corrected chi connectivity index (χ4v) is 5.42. The number of carbonyl (C=O) groups is 6. The summed E-state index contributed by atoms with van der Waals surface area (Å²) in [6.07, 6.45) is 2.78. The van der Waals surface area contributed by atoms with Gasteiger partial charge in [-0.25, -0.2) is 9.59 Å². The fraction of sp³-hybridized carbons (Fsp3) is 0.588. The molecule has 1 saturated heterocycles. The first-order chi connectivity index (χ1) is 21.6. The molecule has 0 aromatic heterocycles. The van der Waals surface area contributed by atoms with Crippen molar-refractivity contribution in [2.24, 2.45) is 17.3 Å². The predicted octanol–water partition coefficient (Wildman–Crippen LogP) is 2.86. The summed E-state index contributed by atoms with van der Waals surface area (Å²) in [5, 5.41) is 10.5. The highest BCUT2D eigenvalue weighted by Gasteiger charge is 2.47. The average Bonchev–Trinajstić information content (AvgIpc) is 3.46. The Balaban J connectivity index is 2.20. The number of urea groups is 1. The Kier molecular flexibility index (Phi) is 14.4. The van der Waals surface area contributed by atoms with Crippen molar-refractivity contribution in [1.82, 2.24) is 26.2 Å². The van der Waals surface area contributed by atoms with Gasteiger partial charge in [0.25, 0.3) is 5.91 Å². The van der Waals surface area contributed by atoms with Crippen LogP contribution in [0.1, 0.15) is 73.3 Å². The summed E-state index contributed by atoms with van der Waals surface area (Å²) in [7, 11) is 0. The molecule has 0 bridgehead atoms. The van der Waals surface area contributed by atoms with Crippen molar-refractivity contribution in [3.63, 3.8) is 0 Å². The molecule has 0 saturated carbocycles. The number of carbonyl (C=O) groups excluding carboxylic acids is 6. The molecule has 0 aliphatic carbocycles. The van der Waals surface area contributed by atoms with E-state index >= 15 is 0 Å². The number of hydrogen-bond acceptors (Lipinski definition) is 7. The minimum absolute atomic E-state index is 0.0249. The number of rotatable bonds is 15. The third kappa shape index (κ3) is 10.7. The van der Waals surface area contributed by atoms with Crippen molar-refractivity contribution in [2.45, 2.75) is 98.5 Å². The van der Waals surface area contributed by atoms with Gasteiger partial charge in [0.05, 0.1) is 6.04 Å². The Labute approximate surface area is 272 Å². The van der Waals surface area contributed by atoms with Crippen molar-refractivity contribution in [3.05, 3.63) is 48.6 Å². The van der Waals surface area contributed by atoms with E-state index in [2.05, 4.69) is 27.8 Å². The second-order valence-electron chi connectivity index (χ2n) is 13.1. The number of ether oxygens (including phenoxy) is 1. The van der Waals surface area contributed by atoms with Crippen LogP contribution in [-0.4, -0.2) is 77.7 Å². The van der Waals surface area contributed by atoms with E-state index in [4.69, 9.17) is 4.74 Å². The molecule has 1 aliphatic heterocycles. The molecule has 12 nitrogen and oxygen atoms in total. The topological polar surface area (TPSA) is 163 Å². The maximum Gasteiger partial charge on any atom is 0.328 e. The fourth-order valence-electron chi connectivity index (χ4n) is 5.42. The van der Waals surface area contributed by atoms with Crippen LogP contribution in [0.2, 0.25) is 0 Å². The Hall–Kier alpha value is -4.22. The maximum absolute atomic E-state index is 14.1. The van der Waals surface area contributed by atoms with Crippen LogP contribution in [0.3, 0.4) is 0 Å². The lowest BCUT2D eigenvalue weighted by Gasteiger charge is -2.37. The van der Waals surface area contributed by atoms with Gasteiger partial charge in [0, 0.05) is 13.1 Å². The van der Waals surface area contributed by atoms with E-state index in [1.807, 2.05) is 51.1 Å². The molecule has 1 heterocycles. The van der Waals surface area contributed by atoms with Crippen LogP contribution in [0.4, 0.5) is 4.79 Å². The number of nitrogens with one attached hydrogen (secondary N) is 4. The van der Waals surface area contributed by atoms with Crippen LogP contribution in [-0.2, 0) is 35.3 Å². The SMILES string of the molecule is C=CCNC(=O)C(=O)C(CCC)NC(=O)[C@@H]1C(C(C)C)CCN1C(=O)[C@@H](NC(=O)N[C@@H](C)C(=O)OCc1ccccc1)C(C)(C)C. The molecule has 1 aromatic carbocycles. The van der Waals surface area contributed by atoms with Gasteiger partial charge in [-0.2, -0.15) is 0 Å². The zero-order chi connectivity index (χ0) is 34.6. The largest absolute Gasteiger partial charge is 0.459 e. The van der Waals surface area contributed by atoms with Gasteiger partial charge in [-0.15, -0.1) is 6.58 Å². The van der Waals surface area contributed by atoms with Crippen molar-refractivity contribution in [3.8, 4) is 0 Å². The van der Waals surface area contributed by atoms with Gasteiger partial charge in [0.1, 0.15) is 24.7 Å². The molecular weight excluding hydrogens is 590 g/mol. The highest BCUT2D eigenvalue weighted by Crippen LogP contribution is 2.33. The lowest BCUT2D eigenvalue weighted by Crippen LogP contribution is -2.61. The Morgan fingerprint density at radius 2 is 1.67 bits per heavy atom. The number of nitrogens with zero attached hydrogens (tertiary/aromatic N) is 1. The predicted molar refractivity (Wildman–Crippen MR) is 174 cm³/mol. The van der Waals surface area contributed by atoms with Gasteiger partial charge in [0.15, 0.2) is 0 Å². The van der Waals surface area contributed by atoms with Crippen LogP contribution < -0.4 is 21.3 Å². The van der Waals surface area contributed by atoms with Gasteiger partial charge in [-0.05, 0) is 42.6 Å². The van der Waals surface area contributed by atoms with E-state index in [9.17, 15) is 28.8 Å². The molecule has 0 spiro atoms. The smallest absolute Gasteiger partial charge is 0.328 e. The molecule has 12 heteroatoms. The second kappa shape index (κ2) is 17.5. The molecule has 1 fully saturated rings. The number of ketones is 1. The molecule has 5 amide bonds. The lowest BCUT2D eigenvalue weighted by atomic mass is 9.84. The van der Waals surface area contributed by atoms with Crippen molar-refractivity contribution < 1.29 is 33.5 Å². The van der Waals surface area contributed by atoms with Crippen molar-refractivity contribution >= 4 is 35.5 Å². The lowest BCUT2D eigenvalue weighted by molar-refractivity contribution is -0.146. The van der Waals surface area contributed by atoms with Crippen LogP contribution >= 0.6 is 0 Å². The van der Waals surface area contributed by atoms with Gasteiger partial charge >= 0.3 is 12.0 Å². The average molecular weight is 642 g/mol. The van der Waals surface area contributed by atoms with Crippen LogP contribution in [0, 0.1) is 17.3 Å². The summed E-state index contributed by atoms with van der Waals surface area (Å²) < 4.78 is 5.31.